The molecule has 0 atom stereocenters. The van der Waals surface area contributed by atoms with Crippen LogP contribution in [-0.2, 0) is 4.79 Å². The fourth-order valence-corrected chi connectivity index (χ4v) is 4.13. The highest BCUT2D eigenvalue weighted by Crippen LogP contribution is 2.25. The van der Waals surface area contributed by atoms with Crippen LogP contribution < -0.4 is 5.32 Å². The van der Waals surface area contributed by atoms with Gasteiger partial charge in [-0.15, -0.1) is 0 Å². The number of nitrogens with one attached hydrogen (secondary N) is 1. The first-order chi connectivity index (χ1) is 14.0. The summed E-state index contributed by atoms with van der Waals surface area (Å²) in [5.41, 5.74) is 5.55. The largest absolute Gasteiger partial charge is 0.322 e. The Morgan fingerprint density at radius 2 is 1.76 bits per heavy atom. The summed E-state index contributed by atoms with van der Waals surface area (Å²) in [6.07, 6.45) is 0. The van der Waals surface area contributed by atoms with Gasteiger partial charge in [0.1, 0.15) is 0 Å². The number of para-hydroxylation sites is 2. The Labute approximate surface area is 174 Å². The van der Waals surface area contributed by atoms with Crippen molar-refractivity contribution in [3.8, 4) is 5.69 Å². The topological polar surface area (TPSA) is 59.8 Å². The van der Waals surface area contributed by atoms with Gasteiger partial charge in [0, 0.05) is 5.39 Å². The molecule has 5 nitrogen and oxygen atoms in total. The molecule has 0 spiro atoms. The van der Waals surface area contributed by atoms with Gasteiger partial charge in [0.2, 0.25) is 5.91 Å². The molecule has 6 heteroatoms. The Bertz CT molecular complexity index is 1180. The number of hydrogen-bond donors (Lipinski definition) is 1. The van der Waals surface area contributed by atoms with Gasteiger partial charge in [0.15, 0.2) is 0 Å². The molecule has 4 aromatic rings. The fourth-order valence-electron chi connectivity index (χ4n) is 3.35. The molecule has 0 aliphatic carbocycles. The lowest BCUT2D eigenvalue weighted by Crippen LogP contribution is -2.15. The quantitative estimate of drug-likeness (QED) is 0.473. The molecule has 146 valence electrons. The van der Waals surface area contributed by atoms with Gasteiger partial charge in [-0.3, -0.25) is 4.79 Å². The summed E-state index contributed by atoms with van der Waals surface area (Å²) in [5, 5.41) is 9.59. The lowest BCUT2D eigenvalue weighted by molar-refractivity contribution is -0.113. The van der Waals surface area contributed by atoms with Gasteiger partial charge in [-0.25, -0.2) is 9.67 Å². The molecule has 0 saturated heterocycles. The Kier molecular flexibility index (Phi) is 5.36. The molecule has 1 amide bonds. The standard InChI is InChI=1S/C23H22N4OS/c1-15-13-22(24-20-12-8-7-11-19(15)20)29-14-21(28)25-23-16(2)26-27(17(23)3)18-9-5-4-6-10-18/h4-13H,14H2,1-3H3,(H,25,28). The summed E-state index contributed by atoms with van der Waals surface area (Å²) in [6, 6.07) is 20.0. The van der Waals surface area contributed by atoms with Crippen LogP contribution in [0.25, 0.3) is 16.6 Å². The first kappa shape index (κ1) is 19.2. The highest BCUT2D eigenvalue weighted by Gasteiger charge is 2.15. The Balaban J connectivity index is 1.48. The van der Waals surface area contributed by atoms with Gasteiger partial charge in [-0.1, -0.05) is 48.2 Å². The molecule has 0 fully saturated rings. The summed E-state index contributed by atoms with van der Waals surface area (Å²) < 4.78 is 1.85. The molecule has 0 aliphatic heterocycles. The van der Waals surface area contributed by atoms with E-state index in [9.17, 15) is 4.79 Å². The van der Waals surface area contributed by atoms with Crippen molar-refractivity contribution in [1.29, 1.82) is 0 Å². The van der Waals surface area contributed by atoms with Crippen molar-refractivity contribution < 1.29 is 4.79 Å². The predicted molar refractivity (Wildman–Crippen MR) is 119 cm³/mol. The van der Waals surface area contributed by atoms with Gasteiger partial charge < -0.3 is 5.32 Å². The number of rotatable bonds is 5. The van der Waals surface area contributed by atoms with Gasteiger partial charge in [0.05, 0.1) is 39.1 Å². The summed E-state index contributed by atoms with van der Waals surface area (Å²) in [5.74, 6) is 0.224. The molecule has 0 unspecified atom stereocenters. The van der Waals surface area contributed by atoms with Gasteiger partial charge in [0.25, 0.3) is 0 Å². The van der Waals surface area contributed by atoms with Crippen molar-refractivity contribution in [2.75, 3.05) is 11.1 Å². The number of aromatic nitrogens is 3. The summed E-state index contributed by atoms with van der Waals surface area (Å²) in [7, 11) is 0. The van der Waals surface area contributed by atoms with Crippen molar-refractivity contribution in [3.05, 3.63) is 77.6 Å². The number of amides is 1. The number of thioether (sulfide) groups is 1. The lowest BCUT2D eigenvalue weighted by atomic mass is 10.1. The third-order valence-corrected chi connectivity index (χ3v) is 5.72. The zero-order valence-electron chi connectivity index (χ0n) is 16.6. The van der Waals surface area contributed by atoms with E-state index in [1.165, 1.54) is 11.8 Å². The van der Waals surface area contributed by atoms with E-state index >= 15 is 0 Å². The molecular formula is C23H22N4OS. The van der Waals surface area contributed by atoms with Crippen LogP contribution in [0.2, 0.25) is 0 Å². The normalized spacial score (nSPS) is 11.0. The second-order valence-corrected chi connectivity index (χ2v) is 7.92. The maximum atomic E-state index is 12.6. The minimum absolute atomic E-state index is 0.0681. The van der Waals surface area contributed by atoms with Crippen LogP contribution in [0.5, 0.6) is 0 Å². The minimum Gasteiger partial charge on any atom is -0.322 e. The number of benzene rings is 2. The van der Waals surface area contributed by atoms with E-state index in [0.29, 0.717) is 5.75 Å². The van der Waals surface area contributed by atoms with Gasteiger partial charge in [-0.05, 0) is 50.6 Å². The number of nitrogens with zero attached hydrogens (tertiary/aromatic N) is 3. The van der Waals surface area contributed by atoms with E-state index in [-0.39, 0.29) is 5.91 Å². The predicted octanol–water partition coefficient (Wildman–Crippen LogP) is 5.08. The fraction of sp³-hybridized carbons (Fsp3) is 0.174. The molecule has 1 N–H and O–H groups in total. The van der Waals surface area contributed by atoms with E-state index in [2.05, 4.69) is 28.4 Å². The SMILES string of the molecule is Cc1nn(-c2ccccc2)c(C)c1NC(=O)CSc1cc(C)c2ccccc2n1. The van der Waals surface area contributed by atoms with Crippen molar-refractivity contribution in [2.24, 2.45) is 0 Å². The van der Waals surface area contributed by atoms with Crippen molar-refractivity contribution in [1.82, 2.24) is 14.8 Å². The molecule has 0 saturated carbocycles. The van der Waals surface area contributed by atoms with Crippen LogP contribution in [0.3, 0.4) is 0 Å². The Morgan fingerprint density at radius 3 is 2.55 bits per heavy atom. The van der Waals surface area contributed by atoms with E-state index in [4.69, 9.17) is 0 Å². The van der Waals surface area contributed by atoms with Gasteiger partial charge >= 0.3 is 0 Å². The highest BCUT2D eigenvalue weighted by molar-refractivity contribution is 7.99. The van der Waals surface area contributed by atoms with Crippen LogP contribution in [-0.4, -0.2) is 26.4 Å². The number of aryl methyl sites for hydroxylation is 2. The van der Waals surface area contributed by atoms with Crippen LogP contribution in [0.1, 0.15) is 17.0 Å². The van der Waals surface area contributed by atoms with Crippen molar-refractivity contribution in [2.45, 2.75) is 25.8 Å². The van der Waals surface area contributed by atoms with Crippen LogP contribution >= 0.6 is 11.8 Å². The number of carbonyl (C=O) groups is 1. The summed E-state index contributed by atoms with van der Waals surface area (Å²) in [4.78, 5) is 17.2. The monoisotopic (exact) mass is 402 g/mol. The average molecular weight is 403 g/mol. The molecule has 2 aromatic heterocycles. The van der Waals surface area contributed by atoms with Crippen molar-refractivity contribution in [3.63, 3.8) is 0 Å². The number of anilines is 1. The first-order valence-electron chi connectivity index (χ1n) is 9.43. The molecule has 0 radical (unpaired) electrons. The molecule has 2 heterocycles. The van der Waals surface area contributed by atoms with E-state index in [1.807, 2.05) is 73.1 Å². The number of pyridine rings is 1. The number of fused-ring (bicyclic) bond motifs is 1. The summed E-state index contributed by atoms with van der Waals surface area (Å²) >= 11 is 1.44. The van der Waals surface area contributed by atoms with Crippen molar-refractivity contribution >= 4 is 34.3 Å². The average Bonchev–Trinajstić information content (AvgIpc) is 3.01. The van der Waals surface area contributed by atoms with Gasteiger partial charge in [-0.2, -0.15) is 5.10 Å². The van der Waals surface area contributed by atoms with E-state index in [0.717, 1.165) is 44.3 Å². The molecule has 0 bridgehead atoms. The molecule has 29 heavy (non-hydrogen) atoms. The maximum Gasteiger partial charge on any atom is 0.234 e. The summed E-state index contributed by atoms with van der Waals surface area (Å²) in [6.45, 7) is 5.94. The molecule has 2 aromatic carbocycles. The molecular weight excluding hydrogens is 380 g/mol. The van der Waals surface area contributed by atoms with Crippen LogP contribution in [0.15, 0.2) is 65.7 Å². The Hall–Kier alpha value is -3.12. The third kappa shape index (κ3) is 4.03. The highest BCUT2D eigenvalue weighted by atomic mass is 32.2. The second kappa shape index (κ2) is 8.09. The zero-order valence-corrected chi connectivity index (χ0v) is 17.5. The lowest BCUT2D eigenvalue weighted by Gasteiger charge is -2.08. The molecule has 0 aliphatic rings. The smallest absolute Gasteiger partial charge is 0.234 e. The zero-order chi connectivity index (χ0) is 20.4. The number of hydrogen-bond acceptors (Lipinski definition) is 4. The Morgan fingerprint density at radius 1 is 1.03 bits per heavy atom. The first-order valence-corrected chi connectivity index (χ1v) is 10.4. The van der Waals surface area contributed by atoms with E-state index < -0.39 is 0 Å². The second-order valence-electron chi connectivity index (χ2n) is 6.92. The maximum absolute atomic E-state index is 12.6. The van der Waals surface area contributed by atoms with Crippen LogP contribution in [0, 0.1) is 20.8 Å². The van der Waals surface area contributed by atoms with Crippen LogP contribution in [0.4, 0.5) is 5.69 Å². The third-order valence-electron chi connectivity index (χ3n) is 4.81. The van der Waals surface area contributed by atoms with E-state index in [1.54, 1.807) is 0 Å². The molecule has 4 rings (SSSR count). The number of carbonyl (C=O) groups excluding carboxylic acids is 1. The minimum atomic E-state index is -0.0681.